The minimum atomic E-state index is -0.192. The summed E-state index contributed by atoms with van der Waals surface area (Å²) in [5.41, 5.74) is 5.27. The normalized spacial score (nSPS) is 14.3. The number of carbonyl (C=O) groups is 2. The lowest BCUT2D eigenvalue weighted by molar-refractivity contribution is -0.149. The van der Waals surface area contributed by atoms with E-state index in [0.717, 1.165) is 28.3 Å². The van der Waals surface area contributed by atoms with Crippen LogP contribution in [0.3, 0.4) is 0 Å². The van der Waals surface area contributed by atoms with E-state index < -0.39 is 0 Å². The van der Waals surface area contributed by atoms with Crippen LogP contribution < -0.4 is 5.32 Å². The van der Waals surface area contributed by atoms with Crippen LogP contribution in [0.15, 0.2) is 54.9 Å². The summed E-state index contributed by atoms with van der Waals surface area (Å²) >= 11 is 0. The third kappa shape index (κ3) is 4.36. The van der Waals surface area contributed by atoms with Gasteiger partial charge in [0.15, 0.2) is 0 Å². The predicted octanol–water partition coefficient (Wildman–Crippen LogP) is 4.43. The van der Waals surface area contributed by atoms with Gasteiger partial charge in [-0.15, -0.1) is 0 Å². The number of aromatic amines is 2. The van der Waals surface area contributed by atoms with Gasteiger partial charge in [0.1, 0.15) is 11.4 Å². The zero-order chi connectivity index (χ0) is 23.5. The number of ether oxygens (including phenoxy) is 1. The number of nitrogens with one attached hydrogen (secondary N) is 3. The van der Waals surface area contributed by atoms with Gasteiger partial charge in [-0.1, -0.05) is 0 Å². The third-order valence-corrected chi connectivity index (χ3v) is 6.02. The number of hydrogen-bond acceptors (Lipinski definition) is 5. The number of fused-ring (bicyclic) bond motifs is 1. The fourth-order valence-corrected chi connectivity index (χ4v) is 4.24. The van der Waals surface area contributed by atoms with Crippen LogP contribution in [0, 0.1) is 5.92 Å². The number of aromatic nitrogens is 4. The molecule has 0 unspecified atom stereocenters. The molecule has 5 rings (SSSR count). The van der Waals surface area contributed by atoms with Crippen molar-refractivity contribution in [2.45, 2.75) is 19.8 Å². The first-order chi connectivity index (χ1) is 16.6. The van der Waals surface area contributed by atoms with Crippen molar-refractivity contribution in [2.24, 2.45) is 5.92 Å². The van der Waals surface area contributed by atoms with Crippen molar-refractivity contribution in [1.82, 2.24) is 24.8 Å². The molecular weight excluding hydrogens is 432 g/mol. The Bertz CT molecular complexity index is 1290. The van der Waals surface area contributed by atoms with Crippen LogP contribution in [-0.2, 0) is 9.53 Å². The summed E-state index contributed by atoms with van der Waals surface area (Å²) in [5, 5.41) is 2.96. The maximum Gasteiger partial charge on any atom is 0.321 e. The summed E-state index contributed by atoms with van der Waals surface area (Å²) in [6, 6.07) is 13.1. The molecule has 9 heteroatoms. The van der Waals surface area contributed by atoms with Gasteiger partial charge in [-0.2, -0.15) is 0 Å². The zero-order valence-electron chi connectivity index (χ0n) is 18.9. The summed E-state index contributed by atoms with van der Waals surface area (Å²) < 4.78 is 5.11. The fourth-order valence-electron chi connectivity index (χ4n) is 4.24. The first kappa shape index (κ1) is 21.7. The van der Waals surface area contributed by atoms with Crippen molar-refractivity contribution in [2.75, 3.05) is 25.0 Å². The Labute approximate surface area is 196 Å². The van der Waals surface area contributed by atoms with E-state index in [2.05, 4.69) is 15.3 Å². The van der Waals surface area contributed by atoms with E-state index >= 15 is 0 Å². The monoisotopic (exact) mass is 458 g/mol. The van der Waals surface area contributed by atoms with E-state index in [-0.39, 0.29) is 17.9 Å². The van der Waals surface area contributed by atoms with E-state index in [9.17, 15) is 9.59 Å². The van der Waals surface area contributed by atoms with Gasteiger partial charge in [-0.05, 0) is 62.2 Å². The number of anilines is 1. The predicted molar refractivity (Wildman–Crippen MR) is 129 cm³/mol. The average molecular weight is 459 g/mol. The molecule has 1 saturated heterocycles. The van der Waals surface area contributed by atoms with E-state index in [1.165, 1.54) is 0 Å². The Kier molecular flexibility index (Phi) is 5.99. The second-order valence-electron chi connectivity index (χ2n) is 8.24. The summed E-state index contributed by atoms with van der Waals surface area (Å²) in [4.78, 5) is 42.6. The van der Waals surface area contributed by atoms with Gasteiger partial charge in [0.05, 0.1) is 34.9 Å². The number of likely N-dealkylation sites (tertiary alicyclic amines) is 1. The fraction of sp³-hybridized carbons (Fsp3) is 0.280. The number of piperidine rings is 1. The standard InChI is InChI=1S/C25H26N6O3/c1-2-34-24(32)16-9-13-31(14-10-16)25(33)28-17-7-8-18-21(15-17)30-23(20-6-4-12-27-20)22(29-18)19-5-3-11-26-19/h3-8,11-12,15-16,26-27H,2,9-10,13-14H2,1H3,(H,28,33). The lowest BCUT2D eigenvalue weighted by Crippen LogP contribution is -2.42. The summed E-state index contributed by atoms with van der Waals surface area (Å²) in [5.74, 6) is -0.313. The zero-order valence-corrected chi connectivity index (χ0v) is 18.9. The van der Waals surface area contributed by atoms with Gasteiger partial charge in [0, 0.05) is 31.2 Å². The lowest BCUT2D eigenvalue weighted by atomic mass is 9.97. The molecular formula is C25H26N6O3. The van der Waals surface area contributed by atoms with Crippen LogP contribution in [0.4, 0.5) is 10.5 Å². The van der Waals surface area contributed by atoms with Crippen LogP contribution in [0.5, 0.6) is 0 Å². The molecule has 34 heavy (non-hydrogen) atoms. The van der Waals surface area contributed by atoms with Crippen molar-refractivity contribution < 1.29 is 14.3 Å². The van der Waals surface area contributed by atoms with Crippen LogP contribution in [0.2, 0.25) is 0 Å². The average Bonchev–Trinajstić information content (AvgIpc) is 3.58. The number of H-pyrrole nitrogens is 2. The van der Waals surface area contributed by atoms with Crippen molar-refractivity contribution in [1.29, 1.82) is 0 Å². The molecule has 0 bridgehead atoms. The quantitative estimate of drug-likeness (QED) is 0.383. The first-order valence-corrected chi connectivity index (χ1v) is 11.4. The number of rotatable bonds is 5. The van der Waals surface area contributed by atoms with Gasteiger partial charge in [-0.3, -0.25) is 4.79 Å². The molecule has 3 N–H and O–H groups in total. The molecule has 3 aromatic heterocycles. The van der Waals surface area contributed by atoms with Gasteiger partial charge < -0.3 is 24.9 Å². The highest BCUT2D eigenvalue weighted by molar-refractivity contribution is 5.93. The molecule has 0 atom stereocenters. The highest BCUT2D eigenvalue weighted by Gasteiger charge is 2.28. The molecule has 0 spiro atoms. The maximum absolute atomic E-state index is 12.8. The molecule has 4 heterocycles. The van der Waals surface area contributed by atoms with Crippen molar-refractivity contribution in [3.05, 3.63) is 54.9 Å². The molecule has 9 nitrogen and oxygen atoms in total. The van der Waals surface area contributed by atoms with Crippen molar-refractivity contribution in [3.63, 3.8) is 0 Å². The summed E-state index contributed by atoms with van der Waals surface area (Å²) in [7, 11) is 0. The summed E-state index contributed by atoms with van der Waals surface area (Å²) in [6.07, 6.45) is 4.92. The van der Waals surface area contributed by atoms with E-state index in [4.69, 9.17) is 14.7 Å². The number of esters is 1. The molecule has 0 aliphatic carbocycles. The Balaban J connectivity index is 1.36. The lowest BCUT2D eigenvalue weighted by Gasteiger charge is -2.30. The number of nitrogens with zero attached hydrogens (tertiary/aromatic N) is 3. The molecule has 0 radical (unpaired) electrons. The minimum absolute atomic E-state index is 0.139. The Morgan fingerprint density at radius 2 is 1.65 bits per heavy atom. The summed E-state index contributed by atoms with van der Waals surface area (Å²) in [6.45, 7) is 3.21. The molecule has 1 aliphatic rings. The topological polar surface area (TPSA) is 116 Å². The number of urea groups is 1. The van der Waals surface area contributed by atoms with Crippen LogP contribution in [-0.4, -0.2) is 56.5 Å². The van der Waals surface area contributed by atoms with Gasteiger partial charge in [0.2, 0.25) is 0 Å². The highest BCUT2D eigenvalue weighted by Crippen LogP contribution is 2.30. The smallest absolute Gasteiger partial charge is 0.321 e. The molecule has 2 amide bonds. The highest BCUT2D eigenvalue weighted by atomic mass is 16.5. The van der Waals surface area contributed by atoms with E-state index in [0.29, 0.717) is 43.7 Å². The number of amides is 2. The molecule has 1 aliphatic heterocycles. The molecule has 1 aromatic carbocycles. The Morgan fingerprint density at radius 1 is 1.00 bits per heavy atom. The van der Waals surface area contributed by atoms with Crippen LogP contribution in [0.1, 0.15) is 19.8 Å². The first-order valence-electron chi connectivity index (χ1n) is 11.4. The van der Waals surface area contributed by atoms with Crippen molar-refractivity contribution in [3.8, 4) is 22.8 Å². The number of carbonyl (C=O) groups excluding carboxylic acids is 2. The second kappa shape index (κ2) is 9.38. The SMILES string of the molecule is CCOC(=O)C1CCN(C(=O)Nc2ccc3nc(-c4ccc[nH]4)c(-c4ccc[nH]4)nc3c2)CC1. The minimum Gasteiger partial charge on any atom is -0.466 e. The molecule has 4 aromatic rings. The van der Waals surface area contributed by atoms with Crippen LogP contribution >= 0.6 is 0 Å². The van der Waals surface area contributed by atoms with Gasteiger partial charge in [-0.25, -0.2) is 14.8 Å². The van der Waals surface area contributed by atoms with E-state index in [1.807, 2.05) is 54.9 Å². The number of benzene rings is 1. The molecule has 1 fully saturated rings. The Hall–Kier alpha value is -4.14. The Morgan fingerprint density at radius 3 is 2.24 bits per heavy atom. The van der Waals surface area contributed by atoms with E-state index in [1.54, 1.807) is 11.8 Å². The van der Waals surface area contributed by atoms with Crippen LogP contribution in [0.25, 0.3) is 33.8 Å². The molecule has 0 saturated carbocycles. The number of hydrogen-bond donors (Lipinski definition) is 3. The van der Waals surface area contributed by atoms with Gasteiger partial charge >= 0.3 is 12.0 Å². The third-order valence-electron chi connectivity index (χ3n) is 6.02. The second-order valence-corrected chi connectivity index (χ2v) is 8.24. The largest absolute Gasteiger partial charge is 0.466 e. The van der Waals surface area contributed by atoms with Gasteiger partial charge in [0.25, 0.3) is 0 Å². The molecule has 174 valence electrons. The maximum atomic E-state index is 12.8. The van der Waals surface area contributed by atoms with Crippen molar-refractivity contribution >= 4 is 28.7 Å².